The number of rotatable bonds is 2. The zero-order chi connectivity index (χ0) is 12.5. The lowest BCUT2D eigenvalue weighted by Gasteiger charge is -2.14. The van der Waals surface area contributed by atoms with Gasteiger partial charge in [0.1, 0.15) is 0 Å². The van der Waals surface area contributed by atoms with Crippen molar-refractivity contribution in [3.8, 4) is 0 Å². The van der Waals surface area contributed by atoms with Crippen LogP contribution in [0.5, 0.6) is 0 Å². The first-order chi connectivity index (χ1) is 8.74. The molecule has 1 aliphatic rings. The highest BCUT2D eigenvalue weighted by Crippen LogP contribution is 2.28. The SMILES string of the molecule is NC(c1cccc(Br)c1)c1ccc2c(c1)CCC2. The number of nitrogens with two attached hydrogens (primary N) is 1. The molecule has 2 N–H and O–H groups in total. The number of aryl methyl sites for hydroxylation is 2. The van der Waals surface area contributed by atoms with Gasteiger partial charge in [0.25, 0.3) is 0 Å². The molecule has 3 rings (SSSR count). The third kappa shape index (κ3) is 2.23. The van der Waals surface area contributed by atoms with Crippen molar-refractivity contribution in [1.29, 1.82) is 0 Å². The molecule has 0 aliphatic heterocycles. The predicted octanol–water partition coefficient (Wildman–Crippen LogP) is 3.99. The fraction of sp³-hybridized carbons (Fsp3) is 0.250. The lowest BCUT2D eigenvalue weighted by molar-refractivity contribution is 0.866. The summed E-state index contributed by atoms with van der Waals surface area (Å²) in [6, 6.07) is 14.9. The zero-order valence-electron chi connectivity index (χ0n) is 10.2. The van der Waals surface area contributed by atoms with Crippen LogP contribution in [0, 0.1) is 0 Å². The molecule has 0 heterocycles. The van der Waals surface area contributed by atoms with E-state index in [1.165, 1.54) is 36.0 Å². The van der Waals surface area contributed by atoms with Crippen LogP contribution in [0.4, 0.5) is 0 Å². The minimum Gasteiger partial charge on any atom is -0.320 e. The molecule has 0 radical (unpaired) electrons. The summed E-state index contributed by atoms with van der Waals surface area (Å²) in [5.41, 5.74) is 11.7. The van der Waals surface area contributed by atoms with Crippen molar-refractivity contribution in [3.63, 3.8) is 0 Å². The van der Waals surface area contributed by atoms with Crippen LogP contribution in [0.25, 0.3) is 0 Å². The van der Waals surface area contributed by atoms with E-state index in [1.54, 1.807) is 0 Å². The van der Waals surface area contributed by atoms with Gasteiger partial charge in [0.2, 0.25) is 0 Å². The summed E-state index contributed by atoms with van der Waals surface area (Å²) >= 11 is 3.50. The molecule has 0 amide bonds. The van der Waals surface area contributed by atoms with E-state index in [1.807, 2.05) is 12.1 Å². The van der Waals surface area contributed by atoms with Gasteiger partial charge in [0.15, 0.2) is 0 Å². The molecular formula is C16H16BrN. The van der Waals surface area contributed by atoms with Crippen LogP contribution in [0.1, 0.15) is 34.7 Å². The Morgan fingerprint density at radius 2 is 1.72 bits per heavy atom. The van der Waals surface area contributed by atoms with Crippen LogP contribution in [0.3, 0.4) is 0 Å². The van der Waals surface area contributed by atoms with Crippen LogP contribution in [-0.2, 0) is 12.8 Å². The summed E-state index contributed by atoms with van der Waals surface area (Å²) in [5.74, 6) is 0. The average Bonchev–Trinajstić information content (AvgIpc) is 2.85. The second kappa shape index (κ2) is 4.87. The Kier molecular flexibility index (Phi) is 3.23. The second-order valence-corrected chi connectivity index (χ2v) is 5.83. The van der Waals surface area contributed by atoms with Gasteiger partial charge >= 0.3 is 0 Å². The van der Waals surface area contributed by atoms with Gasteiger partial charge in [-0.15, -0.1) is 0 Å². The van der Waals surface area contributed by atoms with Crippen molar-refractivity contribution in [3.05, 3.63) is 69.2 Å². The van der Waals surface area contributed by atoms with Gasteiger partial charge < -0.3 is 5.73 Å². The lowest BCUT2D eigenvalue weighted by atomic mass is 9.96. The first-order valence-electron chi connectivity index (χ1n) is 6.37. The number of hydrogen-bond acceptors (Lipinski definition) is 1. The van der Waals surface area contributed by atoms with Gasteiger partial charge in [-0.3, -0.25) is 0 Å². The molecule has 2 heteroatoms. The molecule has 0 saturated carbocycles. The summed E-state index contributed by atoms with van der Waals surface area (Å²) in [5, 5.41) is 0. The van der Waals surface area contributed by atoms with Gasteiger partial charge in [0.05, 0.1) is 6.04 Å². The van der Waals surface area contributed by atoms with Crippen molar-refractivity contribution < 1.29 is 0 Å². The fourth-order valence-electron chi connectivity index (χ4n) is 2.68. The second-order valence-electron chi connectivity index (χ2n) is 4.91. The maximum atomic E-state index is 6.36. The molecule has 0 bridgehead atoms. The van der Waals surface area contributed by atoms with Crippen molar-refractivity contribution >= 4 is 15.9 Å². The molecule has 0 aromatic heterocycles. The van der Waals surface area contributed by atoms with E-state index in [9.17, 15) is 0 Å². The van der Waals surface area contributed by atoms with Gasteiger partial charge in [-0.2, -0.15) is 0 Å². The Balaban J connectivity index is 1.95. The van der Waals surface area contributed by atoms with E-state index in [2.05, 4.69) is 46.3 Å². The largest absolute Gasteiger partial charge is 0.320 e. The highest BCUT2D eigenvalue weighted by molar-refractivity contribution is 9.10. The van der Waals surface area contributed by atoms with Crippen molar-refractivity contribution in [2.45, 2.75) is 25.3 Å². The molecule has 1 nitrogen and oxygen atoms in total. The quantitative estimate of drug-likeness (QED) is 0.892. The Morgan fingerprint density at radius 3 is 2.56 bits per heavy atom. The van der Waals surface area contributed by atoms with Crippen LogP contribution in [0.2, 0.25) is 0 Å². The Labute approximate surface area is 116 Å². The van der Waals surface area contributed by atoms with E-state index in [0.29, 0.717) is 0 Å². The maximum Gasteiger partial charge on any atom is 0.0552 e. The minimum absolute atomic E-state index is 0.0339. The Morgan fingerprint density at radius 1 is 0.944 bits per heavy atom. The van der Waals surface area contributed by atoms with Crippen LogP contribution < -0.4 is 5.73 Å². The van der Waals surface area contributed by atoms with Crippen molar-refractivity contribution in [2.24, 2.45) is 5.73 Å². The number of fused-ring (bicyclic) bond motifs is 1. The summed E-state index contributed by atoms with van der Waals surface area (Å²) < 4.78 is 1.08. The van der Waals surface area contributed by atoms with Crippen LogP contribution in [-0.4, -0.2) is 0 Å². The standard InChI is InChI=1S/C16H16BrN/c17-15-6-2-5-13(10-15)16(18)14-8-7-11-3-1-4-12(11)9-14/h2,5-10,16H,1,3-4,18H2. The molecule has 0 fully saturated rings. The van der Waals surface area contributed by atoms with Gasteiger partial charge in [-0.1, -0.05) is 46.3 Å². The lowest BCUT2D eigenvalue weighted by Crippen LogP contribution is -2.12. The normalized spacial score (nSPS) is 15.4. The van der Waals surface area contributed by atoms with Crippen molar-refractivity contribution in [1.82, 2.24) is 0 Å². The van der Waals surface area contributed by atoms with E-state index in [0.717, 1.165) is 10.0 Å². The first-order valence-corrected chi connectivity index (χ1v) is 7.16. The van der Waals surface area contributed by atoms with Gasteiger partial charge in [0, 0.05) is 4.47 Å². The Hall–Kier alpha value is -1.12. The first kappa shape index (κ1) is 11.9. The van der Waals surface area contributed by atoms with E-state index < -0.39 is 0 Å². The molecule has 1 aliphatic carbocycles. The topological polar surface area (TPSA) is 26.0 Å². The smallest absolute Gasteiger partial charge is 0.0552 e. The van der Waals surface area contributed by atoms with E-state index in [4.69, 9.17) is 5.73 Å². The molecule has 92 valence electrons. The third-order valence-corrected chi connectivity index (χ3v) is 4.18. The Bertz CT molecular complexity index is 577. The molecule has 18 heavy (non-hydrogen) atoms. The third-order valence-electron chi connectivity index (χ3n) is 3.69. The number of benzene rings is 2. The summed E-state index contributed by atoms with van der Waals surface area (Å²) in [6.45, 7) is 0. The van der Waals surface area contributed by atoms with E-state index >= 15 is 0 Å². The summed E-state index contributed by atoms with van der Waals surface area (Å²) in [4.78, 5) is 0. The highest BCUT2D eigenvalue weighted by atomic mass is 79.9. The molecule has 1 unspecified atom stereocenters. The zero-order valence-corrected chi connectivity index (χ0v) is 11.8. The molecule has 0 saturated heterocycles. The minimum atomic E-state index is -0.0339. The molecule has 2 aromatic rings. The monoisotopic (exact) mass is 301 g/mol. The number of halogens is 1. The molecule has 1 atom stereocenters. The molecule has 2 aromatic carbocycles. The van der Waals surface area contributed by atoms with Crippen LogP contribution >= 0.6 is 15.9 Å². The highest BCUT2D eigenvalue weighted by Gasteiger charge is 2.14. The van der Waals surface area contributed by atoms with Gasteiger partial charge in [-0.05, 0) is 53.6 Å². The molecule has 0 spiro atoms. The summed E-state index contributed by atoms with van der Waals surface area (Å²) in [6.07, 6.45) is 3.71. The summed E-state index contributed by atoms with van der Waals surface area (Å²) in [7, 11) is 0. The maximum absolute atomic E-state index is 6.36. The molecular weight excluding hydrogens is 286 g/mol. The van der Waals surface area contributed by atoms with Crippen LogP contribution in [0.15, 0.2) is 46.9 Å². The predicted molar refractivity (Wildman–Crippen MR) is 78.6 cm³/mol. The van der Waals surface area contributed by atoms with Crippen molar-refractivity contribution in [2.75, 3.05) is 0 Å². The number of hydrogen-bond donors (Lipinski definition) is 1. The fourth-order valence-corrected chi connectivity index (χ4v) is 3.09. The van der Waals surface area contributed by atoms with Gasteiger partial charge in [-0.25, -0.2) is 0 Å². The average molecular weight is 302 g/mol. The van der Waals surface area contributed by atoms with E-state index in [-0.39, 0.29) is 6.04 Å².